The number of likely N-dealkylation sites (tertiary alicyclic amines) is 1. The molecular formula is C23H23N7O2. The van der Waals surface area contributed by atoms with E-state index in [1.807, 2.05) is 36.5 Å². The number of nitrogen functional groups attached to an aromatic ring is 1. The summed E-state index contributed by atoms with van der Waals surface area (Å²) >= 11 is 0. The molecule has 0 aliphatic carbocycles. The Morgan fingerprint density at radius 2 is 1.75 bits per heavy atom. The Balaban J connectivity index is 1.13. The molecule has 2 N–H and O–H groups in total. The zero-order chi connectivity index (χ0) is 21.2. The highest BCUT2D eigenvalue weighted by molar-refractivity contribution is 5.82. The first-order chi connectivity index (χ1) is 15.7. The molecule has 7 rings (SSSR count). The molecular weight excluding hydrogens is 406 g/mol. The van der Waals surface area contributed by atoms with Crippen molar-refractivity contribution in [3.8, 4) is 11.3 Å². The molecule has 2 atom stereocenters. The van der Waals surface area contributed by atoms with Gasteiger partial charge in [0.2, 0.25) is 0 Å². The van der Waals surface area contributed by atoms with Gasteiger partial charge in [-0.1, -0.05) is 0 Å². The lowest BCUT2D eigenvalue weighted by Gasteiger charge is -2.48. The Kier molecular flexibility index (Phi) is 3.91. The molecule has 9 nitrogen and oxygen atoms in total. The number of anilines is 2. The predicted molar refractivity (Wildman–Crippen MR) is 120 cm³/mol. The lowest BCUT2D eigenvalue weighted by Crippen LogP contribution is -2.63. The highest BCUT2D eigenvalue weighted by Crippen LogP contribution is 2.31. The van der Waals surface area contributed by atoms with E-state index in [2.05, 4.69) is 19.8 Å². The number of ether oxygens (including phenoxy) is 1. The number of nitrogens with two attached hydrogens (primary N) is 1. The largest absolute Gasteiger partial charge is 0.424 e. The molecule has 0 saturated carbocycles. The number of fused-ring (bicyclic) bond motifs is 4. The number of pyridine rings is 1. The van der Waals surface area contributed by atoms with Gasteiger partial charge in [-0.25, -0.2) is 15.0 Å². The standard InChI is InChI=1S/C23H23N7O2/c24-23-27-19-7-13(1-6-20(19)32-23)17-4-5-18-22(26-17)28-21(8-25-18)30-9-14(10-30)29-11-15-2-3-16(12-29)31-15/h1,4-8,14-16H,2-3,9-12H2,(H2,24,27). The number of hydrogen-bond donors (Lipinski definition) is 1. The number of morpholine rings is 1. The summed E-state index contributed by atoms with van der Waals surface area (Å²) in [6, 6.07) is 10.4. The van der Waals surface area contributed by atoms with E-state index in [-0.39, 0.29) is 6.01 Å². The van der Waals surface area contributed by atoms with Crippen LogP contribution in [0.3, 0.4) is 0 Å². The van der Waals surface area contributed by atoms with Crippen LogP contribution in [0.4, 0.5) is 11.8 Å². The normalized spacial score (nSPS) is 23.8. The molecule has 0 spiro atoms. The monoisotopic (exact) mass is 429 g/mol. The van der Waals surface area contributed by atoms with Crippen LogP contribution in [0.25, 0.3) is 33.5 Å². The minimum Gasteiger partial charge on any atom is -0.424 e. The van der Waals surface area contributed by atoms with Gasteiger partial charge in [-0.2, -0.15) is 4.98 Å². The molecule has 2 bridgehead atoms. The Labute approximate surface area is 184 Å². The van der Waals surface area contributed by atoms with E-state index in [0.717, 1.165) is 48.8 Å². The molecule has 162 valence electrons. The van der Waals surface area contributed by atoms with Crippen LogP contribution < -0.4 is 10.6 Å². The maximum atomic E-state index is 5.98. The summed E-state index contributed by atoms with van der Waals surface area (Å²) in [6.45, 7) is 4.07. The van der Waals surface area contributed by atoms with Gasteiger partial charge in [-0.15, -0.1) is 0 Å². The van der Waals surface area contributed by atoms with Gasteiger partial charge in [-0.05, 0) is 43.2 Å². The van der Waals surface area contributed by atoms with Gasteiger partial charge >= 0.3 is 0 Å². The first kappa shape index (κ1) is 18.3. The number of benzene rings is 1. The second-order valence-electron chi connectivity index (χ2n) is 8.97. The van der Waals surface area contributed by atoms with Crippen molar-refractivity contribution in [3.05, 3.63) is 36.5 Å². The van der Waals surface area contributed by atoms with Gasteiger partial charge < -0.3 is 19.8 Å². The van der Waals surface area contributed by atoms with Crippen molar-refractivity contribution in [2.45, 2.75) is 31.1 Å². The smallest absolute Gasteiger partial charge is 0.292 e. The molecule has 3 aliphatic heterocycles. The zero-order valence-corrected chi connectivity index (χ0v) is 17.5. The lowest BCUT2D eigenvalue weighted by atomic mass is 10.1. The molecule has 3 fully saturated rings. The van der Waals surface area contributed by atoms with Crippen molar-refractivity contribution in [1.82, 2.24) is 24.8 Å². The lowest BCUT2D eigenvalue weighted by molar-refractivity contribution is -0.0562. The van der Waals surface area contributed by atoms with E-state index in [1.54, 1.807) is 0 Å². The van der Waals surface area contributed by atoms with Crippen LogP contribution in [-0.4, -0.2) is 69.3 Å². The summed E-state index contributed by atoms with van der Waals surface area (Å²) in [5.74, 6) is 0.884. The SMILES string of the molecule is Nc1nc2cc(-c3ccc4ncc(N5CC(N6CC7CCC(C6)O7)C5)nc4n3)ccc2o1. The second-order valence-corrected chi connectivity index (χ2v) is 8.97. The first-order valence-corrected chi connectivity index (χ1v) is 11.1. The third kappa shape index (κ3) is 3.00. The van der Waals surface area contributed by atoms with Gasteiger partial charge in [-0.3, -0.25) is 4.90 Å². The van der Waals surface area contributed by atoms with E-state index in [1.165, 1.54) is 12.8 Å². The van der Waals surface area contributed by atoms with Gasteiger partial charge in [0.1, 0.15) is 16.9 Å². The molecule has 3 saturated heterocycles. The molecule has 3 aliphatic rings. The minimum atomic E-state index is 0.164. The number of rotatable bonds is 3. The first-order valence-electron chi connectivity index (χ1n) is 11.1. The van der Waals surface area contributed by atoms with E-state index in [0.29, 0.717) is 35.0 Å². The van der Waals surface area contributed by atoms with Gasteiger partial charge in [0, 0.05) is 37.8 Å². The maximum absolute atomic E-state index is 5.98. The van der Waals surface area contributed by atoms with Crippen LogP contribution in [0, 0.1) is 0 Å². The quantitative estimate of drug-likeness (QED) is 0.525. The van der Waals surface area contributed by atoms with Crippen LogP contribution in [0.5, 0.6) is 0 Å². The molecule has 4 aromatic rings. The van der Waals surface area contributed by atoms with E-state index in [4.69, 9.17) is 24.9 Å². The molecule has 1 aromatic carbocycles. The van der Waals surface area contributed by atoms with E-state index < -0.39 is 0 Å². The minimum absolute atomic E-state index is 0.164. The number of oxazole rings is 1. The fourth-order valence-corrected chi connectivity index (χ4v) is 5.12. The third-order valence-corrected chi connectivity index (χ3v) is 6.87. The topological polar surface area (TPSA) is 106 Å². The zero-order valence-electron chi connectivity index (χ0n) is 17.5. The molecule has 6 heterocycles. The summed E-state index contributed by atoms with van der Waals surface area (Å²) < 4.78 is 11.3. The Morgan fingerprint density at radius 3 is 2.59 bits per heavy atom. The molecule has 32 heavy (non-hydrogen) atoms. The van der Waals surface area contributed by atoms with Crippen molar-refractivity contribution < 1.29 is 9.15 Å². The number of nitrogens with zero attached hydrogens (tertiary/aromatic N) is 6. The molecule has 0 amide bonds. The van der Waals surface area contributed by atoms with Gasteiger partial charge in [0.15, 0.2) is 11.2 Å². The summed E-state index contributed by atoms with van der Waals surface area (Å²) in [5.41, 5.74) is 10.2. The van der Waals surface area contributed by atoms with Crippen LogP contribution >= 0.6 is 0 Å². The van der Waals surface area contributed by atoms with E-state index >= 15 is 0 Å². The fraction of sp³-hybridized carbons (Fsp3) is 0.391. The van der Waals surface area contributed by atoms with Crippen molar-refractivity contribution in [3.63, 3.8) is 0 Å². The summed E-state index contributed by atoms with van der Waals surface area (Å²) in [6.07, 6.45) is 5.13. The fourth-order valence-electron chi connectivity index (χ4n) is 5.12. The van der Waals surface area contributed by atoms with Crippen LogP contribution in [0.1, 0.15) is 12.8 Å². The molecule has 9 heteroatoms. The number of hydrogen-bond acceptors (Lipinski definition) is 9. The molecule has 0 radical (unpaired) electrons. The van der Waals surface area contributed by atoms with Crippen LogP contribution in [0.15, 0.2) is 40.9 Å². The van der Waals surface area contributed by atoms with Gasteiger partial charge in [0.25, 0.3) is 6.01 Å². The summed E-state index contributed by atoms with van der Waals surface area (Å²) in [5, 5.41) is 0. The average molecular weight is 429 g/mol. The summed E-state index contributed by atoms with van der Waals surface area (Å²) in [4.78, 5) is 23.3. The molecule has 2 unspecified atom stereocenters. The Morgan fingerprint density at radius 1 is 0.906 bits per heavy atom. The van der Waals surface area contributed by atoms with Gasteiger partial charge in [0.05, 0.1) is 24.1 Å². The highest BCUT2D eigenvalue weighted by Gasteiger charge is 2.40. The second kappa shape index (κ2) is 6.85. The Hall–Kier alpha value is -3.30. The van der Waals surface area contributed by atoms with E-state index in [9.17, 15) is 0 Å². The van der Waals surface area contributed by atoms with Crippen LogP contribution in [-0.2, 0) is 4.74 Å². The highest BCUT2D eigenvalue weighted by atomic mass is 16.5. The summed E-state index contributed by atoms with van der Waals surface area (Å²) in [7, 11) is 0. The third-order valence-electron chi connectivity index (χ3n) is 6.87. The maximum Gasteiger partial charge on any atom is 0.292 e. The number of aromatic nitrogens is 4. The van der Waals surface area contributed by atoms with Crippen LogP contribution in [0.2, 0.25) is 0 Å². The predicted octanol–water partition coefficient (Wildman–Crippen LogP) is 2.47. The Bertz CT molecular complexity index is 1320. The van der Waals surface area contributed by atoms with Crippen molar-refractivity contribution >= 4 is 34.1 Å². The van der Waals surface area contributed by atoms with Crippen molar-refractivity contribution in [2.75, 3.05) is 36.8 Å². The molecule has 3 aromatic heterocycles. The average Bonchev–Trinajstić information content (AvgIpc) is 3.31. The van der Waals surface area contributed by atoms with Crippen molar-refractivity contribution in [1.29, 1.82) is 0 Å². The van der Waals surface area contributed by atoms with Crippen molar-refractivity contribution in [2.24, 2.45) is 0 Å².